The molecule has 3 rings (SSSR count). The summed E-state index contributed by atoms with van der Waals surface area (Å²) < 4.78 is 24.9. The van der Waals surface area contributed by atoms with E-state index in [0.717, 1.165) is 24.8 Å². The Kier molecular flexibility index (Phi) is 5.77. The summed E-state index contributed by atoms with van der Waals surface area (Å²) in [6.07, 6.45) is 2.86. The largest absolute Gasteiger partial charge is 0.342 e. The van der Waals surface area contributed by atoms with Gasteiger partial charge in [-0.1, -0.05) is 48.0 Å². The molecule has 0 saturated carbocycles. The normalized spacial score (nSPS) is 15.8. The molecule has 138 valence electrons. The SMILES string of the molecule is Cc1ccc(S(=O)(=O)CC(=O)N2CCC(Cc3ccccc3)CC2)cc1. The highest BCUT2D eigenvalue weighted by molar-refractivity contribution is 7.92. The van der Waals surface area contributed by atoms with Crippen molar-refractivity contribution in [2.24, 2.45) is 5.92 Å². The number of hydrogen-bond donors (Lipinski definition) is 0. The van der Waals surface area contributed by atoms with E-state index < -0.39 is 15.6 Å². The van der Waals surface area contributed by atoms with Crippen molar-refractivity contribution in [1.29, 1.82) is 0 Å². The zero-order valence-corrected chi connectivity index (χ0v) is 15.9. The van der Waals surface area contributed by atoms with Crippen LogP contribution in [0.4, 0.5) is 0 Å². The Morgan fingerprint density at radius 1 is 1.00 bits per heavy atom. The molecule has 1 amide bonds. The van der Waals surface area contributed by atoms with Gasteiger partial charge < -0.3 is 4.90 Å². The number of likely N-dealkylation sites (tertiary alicyclic amines) is 1. The molecule has 0 aromatic heterocycles. The van der Waals surface area contributed by atoms with E-state index in [2.05, 4.69) is 12.1 Å². The number of amides is 1. The van der Waals surface area contributed by atoms with Crippen LogP contribution in [0.2, 0.25) is 0 Å². The molecule has 0 aliphatic carbocycles. The molecule has 2 aromatic rings. The van der Waals surface area contributed by atoms with Crippen LogP contribution in [0.1, 0.15) is 24.0 Å². The number of carbonyl (C=O) groups excluding carboxylic acids is 1. The van der Waals surface area contributed by atoms with Gasteiger partial charge in [0.1, 0.15) is 5.75 Å². The van der Waals surface area contributed by atoms with E-state index in [-0.39, 0.29) is 10.8 Å². The van der Waals surface area contributed by atoms with Crippen molar-refractivity contribution in [3.05, 3.63) is 65.7 Å². The summed E-state index contributed by atoms with van der Waals surface area (Å²) in [4.78, 5) is 14.4. The molecule has 0 unspecified atom stereocenters. The van der Waals surface area contributed by atoms with Gasteiger partial charge in [-0.25, -0.2) is 8.42 Å². The van der Waals surface area contributed by atoms with Crippen molar-refractivity contribution in [2.45, 2.75) is 31.1 Å². The summed E-state index contributed by atoms with van der Waals surface area (Å²) in [7, 11) is -3.58. The first kappa shape index (κ1) is 18.6. The third-order valence-electron chi connectivity index (χ3n) is 5.03. The van der Waals surface area contributed by atoms with Gasteiger partial charge in [0.25, 0.3) is 0 Å². The molecule has 0 bridgehead atoms. The summed E-state index contributed by atoms with van der Waals surface area (Å²) in [6.45, 7) is 3.18. The van der Waals surface area contributed by atoms with Crippen LogP contribution in [0.25, 0.3) is 0 Å². The first-order valence-corrected chi connectivity index (χ1v) is 10.7. The molecule has 0 radical (unpaired) electrons. The molecule has 0 atom stereocenters. The third kappa shape index (κ3) is 4.73. The van der Waals surface area contributed by atoms with Crippen LogP contribution in [0.3, 0.4) is 0 Å². The standard InChI is InChI=1S/C21H25NO3S/c1-17-7-9-20(10-8-17)26(24,25)16-21(23)22-13-11-19(12-14-22)15-18-5-3-2-4-6-18/h2-10,19H,11-16H2,1H3. The summed E-state index contributed by atoms with van der Waals surface area (Å²) in [5.74, 6) is -0.182. The molecule has 26 heavy (non-hydrogen) atoms. The Labute approximate surface area is 155 Å². The fourth-order valence-corrected chi connectivity index (χ4v) is 4.64. The van der Waals surface area contributed by atoms with Gasteiger partial charge >= 0.3 is 0 Å². The van der Waals surface area contributed by atoms with Crippen LogP contribution in [0.5, 0.6) is 0 Å². The number of aryl methyl sites for hydroxylation is 1. The maximum absolute atomic E-state index is 12.5. The van der Waals surface area contributed by atoms with E-state index in [1.54, 1.807) is 29.2 Å². The minimum atomic E-state index is -3.58. The first-order valence-electron chi connectivity index (χ1n) is 9.05. The lowest BCUT2D eigenvalue weighted by Crippen LogP contribution is -2.41. The van der Waals surface area contributed by atoms with E-state index in [9.17, 15) is 13.2 Å². The molecule has 1 aliphatic heterocycles. The molecule has 0 spiro atoms. The van der Waals surface area contributed by atoms with E-state index in [1.165, 1.54) is 5.56 Å². The quantitative estimate of drug-likeness (QED) is 0.811. The minimum Gasteiger partial charge on any atom is -0.342 e. The average Bonchev–Trinajstić information content (AvgIpc) is 2.63. The van der Waals surface area contributed by atoms with Crippen LogP contribution in [0, 0.1) is 12.8 Å². The Morgan fingerprint density at radius 3 is 2.23 bits per heavy atom. The molecule has 1 heterocycles. The zero-order chi connectivity index (χ0) is 18.6. The van der Waals surface area contributed by atoms with E-state index >= 15 is 0 Å². The van der Waals surface area contributed by atoms with E-state index in [1.807, 2.05) is 25.1 Å². The monoisotopic (exact) mass is 371 g/mol. The highest BCUT2D eigenvalue weighted by atomic mass is 32.2. The van der Waals surface area contributed by atoms with Gasteiger partial charge in [-0.3, -0.25) is 4.79 Å². The smallest absolute Gasteiger partial charge is 0.238 e. The van der Waals surface area contributed by atoms with Gasteiger partial charge in [0.15, 0.2) is 9.84 Å². The highest BCUT2D eigenvalue weighted by Gasteiger charge is 2.27. The minimum absolute atomic E-state index is 0.218. The van der Waals surface area contributed by atoms with Gasteiger partial charge in [-0.2, -0.15) is 0 Å². The maximum atomic E-state index is 12.5. The lowest BCUT2D eigenvalue weighted by atomic mass is 9.90. The average molecular weight is 372 g/mol. The second kappa shape index (κ2) is 8.04. The number of piperidine rings is 1. The first-order chi connectivity index (χ1) is 12.4. The Bertz CT molecular complexity index is 837. The number of rotatable bonds is 5. The zero-order valence-electron chi connectivity index (χ0n) is 15.1. The summed E-state index contributed by atoms with van der Waals surface area (Å²) >= 11 is 0. The predicted molar refractivity (Wildman–Crippen MR) is 103 cm³/mol. The Morgan fingerprint density at radius 2 is 1.62 bits per heavy atom. The molecule has 1 aliphatic rings. The second-order valence-electron chi connectivity index (χ2n) is 7.09. The lowest BCUT2D eigenvalue weighted by molar-refractivity contribution is -0.129. The number of carbonyl (C=O) groups is 1. The summed E-state index contributed by atoms with van der Waals surface area (Å²) in [5.41, 5.74) is 2.31. The molecule has 1 saturated heterocycles. The predicted octanol–water partition coefficient (Wildman–Crippen LogP) is 3.25. The third-order valence-corrected chi connectivity index (χ3v) is 6.65. The van der Waals surface area contributed by atoms with Crippen molar-refractivity contribution in [3.63, 3.8) is 0 Å². The Hall–Kier alpha value is -2.14. The van der Waals surface area contributed by atoms with Gasteiger partial charge in [-0.05, 0) is 49.8 Å². The van der Waals surface area contributed by atoms with Crippen molar-refractivity contribution < 1.29 is 13.2 Å². The van der Waals surface area contributed by atoms with Gasteiger partial charge in [-0.15, -0.1) is 0 Å². The van der Waals surface area contributed by atoms with Crippen molar-refractivity contribution >= 4 is 15.7 Å². The second-order valence-corrected chi connectivity index (χ2v) is 9.08. The molecule has 4 nitrogen and oxygen atoms in total. The number of hydrogen-bond acceptors (Lipinski definition) is 3. The molecule has 0 N–H and O–H groups in total. The summed E-state index contributed by atoms with van der Waals surface area (Å²) in [6, 6.07) is 17.0. The van der Waals surface area contributed by atoms with Gasteiger partial charge in [0, 0.05) is 13.1 Å². The van der Waals surface area contributed by atoms with Gasteiger partial charge in [0.05, 0.1) is 4.90 Å². The topological polar surface area (TPSA) is 54.5 Å². The number of sulfone groups is 1. The molecular weight excluding hydrogens is 346 g/mol. The number of benzene rings is 2. The van der Waals surface area contributed by atoms with Crippen LogP contribution >= 0.6 is 0 Å². The molecular formula is C21H25NO3S. The molecule has 5 heteroatoms. The van der Waals surface area contributed by atoms with Crippen LogP contribution in [-0.2, 0) is 21.1 Å². The van der Waals surface area contributed by atoms with Crippen LogP contribution in [-0.4, -0.2) is 38.1 Å². The van der Waals surface area contributed by atoms with Crippen LogP contribution < -0.4 is 0 Å². The fraction of sp³-hybridized carbons (Fsp3) is 0.381. The molecule has 1 fully saturated rings. The maximum Gasteiger partial charge on any atom is 0.238 e. The van der Waals surface area contributed by atoms with E-state index in [4.69, 9.17) is 0 Å². The van der Waals surface area contributed by atoms with Crippen molar-refractivity contribution in [2.75, 3.05) is 18.8 Å². The van der Waals surface area contributed by atoms with Gasteiger partial charge in [0.2, 0.25) is 5.91 Å². The highest BCUT2D eigenvalue weighted by Crippen LogP contribution is 2.22. The number of nitrogens with zero attached hydrogens (tertiary/aromatic N) is 1. The van der Waals surface area contributed by atoms with Crippen LogP contribution in [0.15, 0.2) is 59.5 Å². The lowest BCUT2D eigenvalue weighted by Gasteiger charge is -2.32. The van der Waals surface area contributed by atoms with Crippen molar-refractivity contribution in [1.82, 2.24) is 4.90 Å². The van der Waals surface area contributed by atoms with Crippen molar-refractivity contribution in [3.8, 4) is 0 Å². The Balaban J connectivity index is 1.54. The van der Waals surface area contributed by atoms with E-state index in [0.29, 0.717) is 19.0 Å². The molecule has 2 aromatic carbocycles. The summed E-state index contributed by atoms with van der Waals surface area (Å²) in [5, 5.41) is 0. The fourth-order valence-electron chi connectivity index (χ4n) is 3.42.